The normalized spacial score (nSPS) is 11.3. The molecule has 7 heteroatoms. The van der Waals surface area contributed by atoms with E-state index in [1.807, 2.05) is 18.6 Å². The highest BCUT2D eigenvalue weighted by atomic mass is 32.2. The number of benzene rings is 1. The number of sulfonamides is 1. The van der Waals surface area contributed by atoms with Crippen molar-refractivity contribution in [1.82, 2.24) is 4.72 Å². The van der Waals surface area contributed by atoms with Crippen LogP contribution in [0.4, 0.5) is 0 Å². The van der Waals surface area contributed by atoms with Crippen LogP contribution in [0.25, 0.3) is 0 Å². The fourth-order valence-electron chi connectivity index (χ4n) is 1.73. The molecule has 1 rings (SSSR count). The van der Waals surface area contributed by atoms with Crippen LogP contribution in [-0.4, -0.2) is 20.2 Å². The summed E-state index contributed by atoms with van der Waals surface area (Å²) in [7, 11) is -3.92. The van der Waals surface area contributed by atoms with Crippen molar-refractivity contribution in [2.45, 2.75) is 31.6 Å². The number of nitrogens with two attached hydrogens (primary N) is 1. The highest BCUT2D eigenvalue weighted by Gasteiger charge is 2.22. The summed E-state index contributed by atoms with van der Waals surface area (Å²) >= 11 is 0. The Balaban J connectivity index is 2.94. The van der Waals surface area contributed by atoms with Crippen LogP contribution in [0.15, 0.2) is 29.2 Å². The summed E-state index contributed by atoms with van der Waals surface area (Å²) in [4.78, 5) is 22.6. The molecular weight excluding hydrogens is 280 g/mol. The molecular formula is C13H18N2O4S. The van der Waals surface area contributed by atoms with Gasteiger partial charge in [-0.25, -0.2) is 13.1 Å². The van der Waals surface area contributed by atoms with Crippen molar-refractivity contribution in [1.29, 1.82) is 0 Å². The first-order chi connectivity index (χ1) is 9.31. The number of amides is 2. The van der Waals surface area contributed by atoms with Crippen LogP contribution < -0.4 is 10.5 Å². The van der Waals surface area contributed by atoms with E-state index in [9.17, 15) is 18.0 Å². The van der Waals surface area contributed by atoms with Gasteiger partial charge in [0.15, 0.2) is 0 Å². The van der Waals surface area contributed by atoms with Crippen molar-refractivity contribution < 1.29 is 18.0 Å². The smallest absolute Gasteiger partial charge is 0.264 e. The van der Waals surface area contributed by atoms with E-state index in [0.717, 1.165) is 0 Å². The van der Waals surface area contributed by atoms with E-state index in [2.05, 4.69) is 0 Å². The number of primary amides is 1. The molecule has 6 nitrogen and oxygen atoms in total. The number of carbonyl (C=O) groups excluding carboxylic acids is 2. The molecule has 0 heterocycles. The average molecular weight is 298 g/mol. The number of hydrogen-bond donors (Lipinski definition) is 2. The Morgan fingerprint density at radius 1 is 1.15 bits per heavy atom. The maximum atomic E-state index is 12.0. The fraction of sp³-hybridized carbons (Fsp3) is 0.385. The summed E-state index contributed by atoms with van der Waals surface area (Å²) in [5.74, 6) is -1.50. The minimum Gasteiger partial charge on any atom is -0.366 e. The lowest BCUT2D eigenvalue weighted by molar-refractivity contribution is -0.123. The highest BCUT2D eigenvalue weighted by Crippen LogP contribution is 2.13. The third-order valence-electron chi connectivity index (χ3n) is 3.04. The Morgan fingerprint density at radius 2 is 1.65 bits per heavy atom. The SMILES string of the molecule is CCC(CC)C(=O)NS(=O)(=O)c1ccc(C(N)=O)cc1. The minimum absolute atomic E-state index is 0.0817. The molecule has 110 valence electrons. The standard InChI is InChI=1S/C13H18N2O4S/c1-3-9(4-2)13(17)15-20(18,19)11-7-5-10(6-8-11)12(14)16/h5-9H,3-4H2,1-2H3,(H2,14,16)(H,15,17). The second-order valence-corrected chi connectivity index (χ2v) is 6.05. The Hall–Kier alpha value is -1.89. The van der Waals surface area contributed by atoms with E-state index in [-0.39, 0.29) is 16.4 Å². The summed E-state index contributed by atoms with van der Waals surface area (Å²) in [5.41, 5.74) is 5.28. The molecule has 1 aromatic carbocycles. The van der Waals surface area contributed by atoms with Gasteiger partial charge in [0.1, 0.15) is 0 Å². The molecule has 0 aliphatic rings. The predicted octanol–water partition coefficient (Wildman–Crippen LogP) is 1.03. The minimum atomic E-state index is -3.92. The van der Waals surface area contributed by atoms with Crippen LogP contribution in [0.1, 0.15) is 37.0 Å². The van der Waals surface area contributed by atoms with Gasteiger partial charge < -0.3 is 5.73 Å². The summed E-state index contributed by atoms with van der Waals surface area (Å²) in [6, 6.07) is 5.09. The second-order valence-electron chi connectivity index (χ2n) is 4.37. The van der Waals surface area contributed by atoms with E-state index >= 15 is 0 Å². The molecule has 0 aliphatic carbocycles. The second kappa shape index (κ2) is 6.51. The van der Waals surface area contributed by atoms with Crippen LogP contribution in [0.3, 0.4) is 0 Å². The van der Waals surface area contributed by atoms with Crippen LogP contribution in [-0.2, 0) is 14.8 Å². The summed E-state index contributed by atoms with van der Waals surface area (Å²) < 4.78 is 26.1. The molecule has 0 saturated heterocycles. The molecule has 1 aromatic rings. The Bertz CT molecular complexity index is 589. The van der Waals surface area contributed by atoms with Gasteiger partial charge in [-0.2, -0.15) is 0 Å². The van der Waals surface area contributed by atoms with E-state index in [1.54, 1.807) is 0 Å². The van der Waals surface area contributed by atoms with Crippen molar-refractivity contribution in [3.8, 4) is 0 Å². The van der Waals surface area contributed by atoms with Gasteiger partial charge in [0, 0.05) is 11.5 Å². The van der Waals surface area contributed by atoms with E-state index in [1.165, 1.54) is 24.3 Å². The zero-order valence-corrected chi connectivity index (χ0v) is 12.2. The Morgan fingerprint density at radius 3 is 2.05 bits per heavy atom. The van der Waals surface area contributed by atoms with Crippen molar-refractivity contribution in [3.63, 3.8) is 0 Å². The van der Waals surface area contributed by atoms with Crippen LogP contribution in [0.2, 0.25) is 0 Å². The van der Waals surface area contributed by atoms with E-state index in [0.29, 0.717) is 12.8 Å². The van der Waals surface area contributed by atoms with Gasteiger partial charge in [-0.3, -0.25) is 9.59 Å². The molecule has 3 N–H and O–H groups in total. The molecule has 0 spiro atoms. The van der Waals surface area contributed by atoms with Gasteiger partial charge in [0.2, 0.25) is 11.8 Å². The third-order valence-corrected chi connectivity index (χ3v) is 4.40. The number of rotatable bonds is 6. The van der Waals surface area contributed by atoms with Crippen LogP contribution in [0, 0.1) is 5.92 Å². The molecule has 0 fully saturated rings. The Kier molecular flexibility index (Phi) is 5.26. The fourth-order valence-corrected chi connectivity index (χ4v) is 2.78. The van der Waals surface area contributed by atoms with Crippen molar-refractivity contribution >= 4 is 21.8 Å². The molecule has 0 aromatic heterocycles. The molecule has 0 radical (unpaired) electrons. The molecule has 2 amide bonds. The van der Waals surface area contributed by atoms with Crippen molar-refractivity contribution in [2.75, 3.05) is 0 Å². The average Bonchev–Trinajstić information content (AvgIpc) is 2.39. The van der Waals surface area contributed by atoms with Crippen LogP contribution in [0.5, 0.6) is 0 Å². The number of hydrogen-bond acceptors (Lipinski definition) is 4. The molecule has 0 aliphatic heterocycles. The zero-order chi connectivity index (χ0) is 15.3. The molecule has 0 unspecified atom stereocenters. The lowest BCUT2D eigenvalue weighted by atomic mass is 10.0. The summed E-state index contributed by atoms with van der Waals surface area (Å²) in [6.45, 7) is 3.64. The first-order valence-corrected chi connectivity index (χ1v) is 7.76. The first-order valence-electron chi connectivity index (χ1n) is 6.28. The van der Waals surface area contributed by atoms with Gasteiger partial charge in [-0.15, -0.1) is 0 Å². The first kappa shape index (κ1) is 16.2. The largest absolute Gasteiger partial charge is 0.366 e. The quantitative estimate of drug-likeness (QED) is 0.817. The van der Waals surface area contributed by atoms with Gasteiger partial charge in [-0.1, -0.05) is 13.8 Å². The molecule has 0 bridgehead atoms. The van der Waals surface area contributed by atoms with Crippen LogP contribution >= 0.6 is 0 Å². The Labute approximate surface area is 118 Å². The highest BCUT2D eigenvalue weighted by molar-refractivity contribution is 7.90. The van der Waals surface area contributed by atoms with Gasteiger partial charge in [0.05, 0.1) is 4.90 Å². The summed E-state index contributed by atoms with van der Waals surface area (Å²) in [5, 5.41) is 0. The predicted molar refractivity (Wildman–Crippen MR) is 74.4 cm³/mol. The van der Waals surface area contributed by atoms with Gasteiger partial charge >= 0.3 is 0 Å². The third kappa shape index (κ3) is 3.80. The maximum Gasteiger partial charge on any atom is 0.264 e. The topological polar surface area (TPSA) is 106 Å². The molecule has 0 saturated carbocycles. The van der Waals surface area contributed by atoms with Crippen molar-refractivity contribution in [3.05, 3.63) is 29.8 Å². The van der Waals surface area contributed by atoms with Gasteiger partial charge in [-0.05, 0) is 37.1 Å². The molecule has 0 atom stereocenters. The number of nitrogens with one attached hydrogen (secondary N) is 1. The lowest BCUT2D eigenvalue weighted by Gasteiger charge is -2.13. The monoisotopic (exact) mass is 298 g/mol. The maximum absolute atomic E-state index is 12.0. The summed E-state index contributed by atoms with van der Waals surface area (Å²) in [6.07, 6.45) is 1.14. The lowest BCUT2D eigenvalue weighted by Crippen LogP contribution is -2.35. The zero-order valence-electron chi connectivity index (χ0n) is 11.4. The number of carbonyl (C=O) groups is 2. The molecule has 20 heavy (non-hydrogen) atoms. The van der Waals surface area contributed by atoms with E-state index < -0.39 is 21.8 Å². The van der Waals surface area contributed by atoms with E-state index in [4.69, 9.17) is 5.73 Å². The van der Waals surface area contributed by atoms with Crippen molar-refractivity contribution in [2.24, 2.45) is 11.7 Å². The van der Waals surface area contributed by atoms with Gasteiger partial charge in [0.25, 0.3) is 10.0 Å².